The van der Waals surface area contributed by atoms with E-state index in [1.54, 1.807) is 28.9 Å². The van der Waals surface area contributed by atoms with E-state index in [1.807, 2.05) is 29.0 Å². The topological polar surface area (TPSA) is 58.4 Å². The van der Waals surface area contributed by atoms with E-state index in [0.29, 0.717) is 13.0 Å². The molecule has 7 heteroatoms. The Morgan fingerprint density at radius 3 is 2.85 bits per heavy atom. The molecule has 142 valence electrons. The number of nitrogens with zero attached hydrogens (tertiary/aromatic N) is 2. The largest absolute Gasteiger partial charge is 0.468 e. The second-order valence-corrected chi connectivity index (χ2v) is 8.54. The Kier molecular flexibility index (Phi) is 6.01. The molecule has 0 unspecified atom stereocenters. The zero-order chi connectivity index (χ0) is 18.5. The standard InChI is InChI=1S/C20H23N3O2S2/c24-19(12-15-14-27-20(22-15)18-7-5-11-26-18)21-13-16(17-6-4-10-25-17)23-8-2-1-3-9-23/h4-7,10-11,14,16H,1-3,8-9,12-13H2,(H,21,24)/t16-/m1/s1. The van der Waals surface area contributed by atoms with E-state index in [4.69, 9.17) is 4.42 Å². The van der Waals surface area contributed by atoms with Gasteiger partial charge in [-0.15, -0.1) is 22.7 Å². The first kappa shape index (κ1) is 18.4. The number of aromatic nitrogens is 1. The lowest BCUT2D eigenvalue weighted by Crippen LogP contribution is -2.40. The summed E-state index contributed by atoms with van der Waals surface area (Å²) in [5.74, 6) is 0.928. The number of thiophene rings is 1. The Morgan fingerprint density at radius 2 is 2.11 bits per heavy atom. The maximum absolute atomic E-state index is 12.5. The predicted octanol–water partition coefficient (Wildman–Crippen LogP) is 4.35. The van der Waals surface area contributed by atoms with E-state index in [2.05, 4.69) is 21.3 Å². The minimum Gasteiger partial charge on any atom is -0.468 e. The van der Waals surface area contributed by atoms with Crippen molar-refractivity contribution < 1.29 is 9.21 Å². The van der Waals surface area contributed by atoms with Crippen molar-refractivity contribution in [3.63, 3.8) is 0 Å². The van der Waals surface area contributed by atoms with Crippen molar-refractivity contribution in [3.05, 3.63) is 52.7 Å². The Labute approximate surface area is 167 Å². The minimum atomic E-state index is 0.00611. The van der Waals surface area contributed by atoms with Crippen LogP contribution in [0.4, 0.5) is 0 Å². The molecule has 0 radical (unpaired) electrons. The number of amides is 1. The van der Waals surface area contributed by atoms with Crippen LogP contribution >= 0.6 is 22.7 Å². The Bertz CT molecular complexity index is 837. The molecule has 0 aliphatic carbocycles. The van der Waals surface area contributed by atoms with E-state index in [9.17, 15) is 4.79 Å². The van der Waals surface area contributed by atoms with Crippen molar-refractivity contribution >= 4 is 28.6 Å². The molecule has 0 spiro atoms. The molecule has 4 heterocycles. The number of nitrogens with one attached hydrogen (secondary N) is 1. The average molecular weight is 402 g/mol. The third kappa shape index (κ3) is 4.66. The summed E-state index contributed by atoms with van der Waals surface area (Å²) in [5.41, 5.74) is 0.827. The third-order valence-corrected chi connectivity index (χ3v) is 6.75. The number of thiazole rings is 1. The molecule has 1 N–H and O–H groups in total. The molecule has 1 atom stereocenters. The van der Waals surface area contributed by atoms with Gasteiger partial charge in [0.1, 0.15) is 10.8 Å². The first-order chi connectivity index (χ1) is 13.3. The Hall–Kier alpha value is -1.96. The van der Waals surface area contributed by atoms with Gasteiger partial charge in [-0.2, -0.15) is 0 Å². The van der Waals surface area contributed by atoms with Gasteiger partial charge in [-0.25, -0.2) is 4.98 Å². The van der Waals surface area contributed by atoms with E-state index >= 15 is 0 Å². The van der Waals surface area contributed by atoms with Gasteiger partial charge < -0.3 is 9.73 Å². The summed E-state index contributed by atoms with van der Waals surface area (Å²) >= 11 is 3.26. The van der Waals surface area contributed by atoms with Crippen molar-refractivity contribution in [2.75, 3.05) is 19.6 Å². The molecule has 0 aromatic carbocycles. The molecule has 3 aromatic rings. The highest BCUT2D eigenvalue weighted by Crippen LogP contribution is 2.28. The first-order valence-electron chi connectivity index (χ1n) is 9.32. The maximum atomic E-state index is 12.5. The molecule has 3 aromatic heterocycles. The summed E-state index contributed by atoms with van der Waals surface area (Å²) in [6.45, 7) is 2.67. The summed E-state index contributed by atoms with van der Waals surface area (Å²) < 4.78 is 5.64. The van der Waals surface area contributed by atoms with Crippen LogP contribution in [0.15, 0.2) is 45.7 Å². The maximum Gasteiger partial charge on any atom is 0.226 e. The smallest absolute Gasteiger partial charge is 0.226 e. The van der Waals surface area contributed by atoms with E-state index in [0.717, 1.165) is 34.4 Å². The van der Waals surface area contributed by atoms with E-state index in [-0.39, 0.29) is 11.9 Å². The zero-order valence-corrected chi connectivity index (χ0v) is 16.7. The zero-order valence-electron chi connectivity index (χ0n) is 15.1. The number of carbonyl (C=O) groups is 1. The average Bonchev–Trinajstić information content (AvgIpc) is 3.45. The van der Waals surface area contributed by atoms with Gasteiger partial charge in [0.2, 0.25) is 5.91 Å². The quantitative estimate of drug-likeness (QED) is 0.639. The van der Waals surface area contributed by atoms with Crippen LogP contribution in [0.2, 0.25) is 0 Å². The predicted molar refractivity (Wildman–Crippen MR) is 109 cm³/mol. The van der Waals surface area contributed by atoms with Gasteiger partial charge in [0.25, 0.3) is 0 Å². The summed E-state index contributed by atoms with van der Waals surface area (Å²) in [4.78, 5) is 20.6. The molecule has 27 heavy (non-hydrogen) atoms. The van der Waals surface area contributed by atoms with Gasteiger partial charge in [0, 0.05) is 11.9 Å². The summed E-state index contributed by atoms with van der Waals surface area (Å²) in [6.07, 6.45) is 5.71. The lowest BCUT2D eigenvalue weighted by atomic mass is 10.1. The number of rotatable bonds is 7. The van der Waals surface area contributed by atoms with Gasteiger partial charge in [0.15, 0.2) is 0 Å². The molecule has 4 rings (SSSR count). The van der Waals surface area contributed by atoms with Gasteiger partial charge in [-0.3, -0.25) is 9.69 Å². The molecule has 1 aliphatic rings. The number of carbonyl (C=O) groups excluding carboxylic acids is 1. The highest BCUT2D eigenvalue weighted by atomic mass is 32.1. The molecular weight excluding hydrogens is 378 g/mol. The van der Waals surface area contributed by atoms with Crippen molar-refractivity contribution in [2.45, 2.75) is 31.7 Å². The Morgan fingerprint density at radius 1 is 1.22 bits per heavy atom. The van der Waals surface area contributed by atoms with Crippen molar-refractivity contribution in [1.29, 1.82) is 0 Å². The monoisotopic (exact) mass is 401 g/mol. The number of furan rings is 1. The fraction of sp³-hybridized carbons (Fsp3) is 0.400. The molecule has 1 fully saturated rings. The molecule has 1 aliphatic heterocycles. The molecular formula is C20H23N3O2S2. The van der Waals surface area contributed by atoms with Crippen molar-refractivity contribution in [2.24, 2.45) is 0 Å². The molecule has 5 nitrogen and oxygen atoms in total. The number of hydrogen-bond donors (Lipinski definition) is 1. The summed E-state index contributed by atoms with van der Waals surface area (Å²) in [6, 6.07) is 8.08. The summed E-state index contributed by atoms with van der Waals surface area (Å²) in [5, 5.41) is 8.08. The molecule has 0 bridgehead atoms. The van der Waals surface area contributed by atoms with Gasteiger partial charge >= 0.3 is 0 Å². The molecule has 1 amide bonds. The normalized spacial score (nSPS) is 16.3. The van der Waals surface area contributed by atoms with Crippen molar-refractivity contribution in [3.8, 4) is 9.88 Å². The van der Waals surface area contributed by atoms with E-state index in [1.165, 1.54) is 19.3 Å². The van der Waals surface area contributed by atoms with Crippen molar-refractivity contribution in [1.82, 2.24) is 15.2 Å². The van der Waals surface area contributed by atoms with Crippen LogP contribution in [0.5, 0.6) is 0 Å². The number of likely N-dealkylation sites (tertiary alicyclic amines) is 1. The molecule has 1 saturated heterocycles. The Balaban J connectivity index is 1.35. The lowest BCUT2D eigenvalue weighted by molar-refractivity contribution is -0.120. The second kappa shape index (κ2) is 8.82. The highest BCUT2D eigenvalue weighted by molar-refractivity contribution is 7.20. The van der Waals surface area contributed by atoms with Gasteiger partial charge in [-0.05, 0) is 49.5 Å². The second-order valence-electron chi connectivity index (χ2n) is 6.73. The number of hydrogen-bond acceptors (Lipinski definition) is 6. The SMILES string of the molecule is O=C(Cc1csc(-c2cccs2)n1)NC[C@H](c1ccco1)N1CCCCC1. The fourth-order valence-electron chi connectivity index (χ4n) is 3.46. The van der Waals surface area contributed by atoms with Gasteiger partial charge in [-0.1, -0.05) is 12.5 Å². The van der Waals surface area contributed by atoms with Crippen LogP contribution in [0, 0.1) is 0 Å². The molecule has 0 saturated carbocycles. The minimum absolute atomic E-state index is 0.00611. The van der Waals surface area contributed by atoms with Crippen LogP contribution in [0.1, 0.15) is 36.8 Å². The van der Waals surface area contributed by atoms with Crippen LogP contribution in [-0.4, -0.2) is 35.4 Å². The van der Waals surface area contributed by atoms with Crippen LogP contribution < -0.4 is 5.32 Å². The summed E-state index contributed by atoms with van der Waals surface area (Å²) in [7, 11) is 0. The van der Waals surface area contributed by atoms with Crippen LogP contribution in [0.25, 0.3) is 9.88 Å². The number of piperidine rings is 1. The third-order valence-electron chi connectivity index (χ3n) is 4.82. The lowest BCUT2D eigenvalue weighted by Gasteiger charge is -2.33. The first-order valence-corrected chi connectivity index (χ1v) is 11.1. The van der Waals surface area contributed by atoms with Crippen LogP contribution in [0.3, 0.4) is 0 Å². The fourth-order valence-corrected chi connectivity index (χ4v) is 5.09. The van der Waals surface area contributed by atoms with Gasteiger partial charge in [0.05, 0.1) is 29.3 Å². The highest BCUT2D eigenvalue weighted by Gasteiger charge is 2.25. The van der Waals surface area contributed by atoms with E-state index < -0.39 is 0 Å². The van der Waals surface area contributed by atoms with Crippen LogP contribution in [-0.2, 0) is 11.2 Å².